The fraction of sp³-hybridized carbons (Fsp3) is 0.143. The molecule has 0 radical (unpaired) electrons. The van der Waals surface area contributed by atoms with Crippen LogP contribution in [0.5, 0.6) is 5.75 Å². The van der Waals surface area contributed by atoms with Crippen LogP contribution < -0.4 is 0 Å². The van der Waals surface area contributed by atoms with Gasteiger partial charge in [-0.1, -0.05) is 18.2 Å². The minimum absolute atomic E-state index is 0.0936. The van der Waals surface area contributed by atoms with Crippen LogP contribution in [0, 0.1) is 6.92 Å². The Morgan fingerprint density at radius 1 is 1.44 bits per heavy atom. The molecule has 1 heterocycles. The predicted octanol–water partition coefficient (Wildman–Crippen LogP) is 2.33. The standard InChI is InChI=1S/C14H14N2O2/c1-10-13(9-16(2)15-10)14(18)7-6-11-4-3-5-12(17)8-11/h3-9,17H,1-2H3. The number of aromatic nitrogens is 2. The number of benzene rings is 1. The van der Waals surface area contributed by atoms with Crippen molar-refractivity contribution in [2.24, 2.45) is 7.05 Å². The van der Waals surface area contributed by atoms with E-state index in [1.54, 1.807) is 49.1 Å². The van der Waals surface area contributed by atoms with Crippen molar-refractivity contribution in [3.05, 3.63) is 53.4 Å². The Hall–Kier alpha value is -2.36. The molecule has 4 nitrogen and oxygen atoms in total. The highest BCUT2D eigenvalue weighted by atomic mass is 16.3. The van der Waals surface area contributed by atoms with Crippen LogP contribution in [-0.4, -0.2) is 20.7 Å². The fourth-order valence-corrected chi connectivity index (χ4v) is 1.73. The summed E-state index contributed by atoms with van der Waals surface area (Å²) in [6, 6.07) is 6.73. The number of phenols is 1. The molecule has 0 atom stereocenters. The molecule has 0 fully saturated rings. The Balaban J connectivity index is 2.19. The lowest BCUT2D eigenvalue weighted by Crippen LogP contribution is -1.94. The summed E-state index contributed by atoms with van der Waals surface area (Å²) in [6.45, 7) is 1.80. The van der Waals surface area contributed by atoms with Crippen LogP contribution in [0.2, 0.25) is 0 Å². The molecule has 4 heteroatoms. The highest BCUT2D eigenvalue weighted by molar-refractivity contribution is 6.07. The van der Waals surface area contributed by atoms with Crippen LogP contribution in [0.15, 0.2) is 36.5 Å². The number of ketones is 1. The highest BCUT2D eigenvalue weighted by Gasteiger charge is 2.09. The van der Waals surface area contributed by atoms with Gasteiger partial charge in [0.2, 0.25) is 0 Å². The van der Waals surface area contributed by atoms with Gasteiger partial charge in [-0.2, -0.15) is 5.10 Å². The zero-order valence-corrected chi connectivity index (χ0v) is 10.3. The van der Waals surface area contributed by atoms with E-state index in [0.717, 1.165) is 5.56 Å². The number of rotatable bonds is 3. The van der Waals surface area contributed by atoms with Gasteiger partial charge in [0.1, 0.15) is 5.75 Å². The Bertz CT molecular complexity index is 612. The minimum atomic E-state index is -0.0936. The lowest BCUT2D eigenvalue weighted by molar-refractivity contribution is 0.104. The van der Waals surface area contributed by atoms with Crippen molar-refractivity contribution in [1.29, 1.82) is 0 Å². The zero-order chi connectivity index (χ0) is 13.1. The van der Waals surface area contributed by atoms with Crippen LogP contribution in [0.25, 0.3) is 6.08 Å². The second-order valence-corrected chi connectivity index (χ2v) is 4.09. The molecule has 1 N–H and O–H groups in total. The number of carbonyl (C=O) groups is 1. The predicted molar refractivity (Wildman–Crippen MR) is 69.4 cm³/mol. The van der Waals surface area contributed by atoms with Crippen LogP contribution >= 0.6 is 0 Å². The van der Waals surface area contributed by atoms with Gasteiger partial charge in [0.15, 0.2) is 5.78 Å². The quantitative estimate of drug-likeness (QED) is 0.664. The third-order valence-electron chi connectivity index (χ3n) is 2.58. The summed E-state index contributed by atoms with van der Waals surface area (Å²) in [7, 11) is 1.78. The van der Waals surface area contributed by atoms with Gasteiger partial charge < -0.3 is 5.11 Å². The average molecular weight is 242 g/mol. The molecular weight excluding hydrogens is 228 g/mol. The Kier molecular flexibility index (Phi) is 3.28. The van der Waals surface area contributed by atoms with E-state index in [-0.39, 0.29) is 11.5 Å². The maximum Gasteiger partial charge on any atom is 0.189 e. The molecule has 92 valence electrons. The molecule has 0 spiro atoms. The van der Waals surface area contributed by atoms with Crippen molar-refractivity contribution in [1.82, 2.24) is 9.78 Å². The minimum Gasteiger partial charge on any atom is -0.508 e. The summed E-state index contributed by atoms with van der Waals surface area (Å²) >= 11 is 0. The topological polar surface area (TPSA) is 55.1 Å². The van der Waals surface area contributed by atoms with Crippen molar-refractivity contribution in [3.8, 4) is 5.75 Å². The molecule has 0 aliphatic heterocycles. The van der Waals surface area contributed by atoms with Gasteiger partial charge >= 0.3 is 0 Å². The number of phenolic OH excluding ortho intramolecular Hbond substituents is 1. The molecule has 2 rings (SSSR count). The second kappa shape index (κ2) is 4.87. The Labute approximate surface area is 105 Å². The van der Waals surface area contributed by atoms with Crippen molar-refractivity contribution < 1.29 is 9.90 Å². The van der Waals surface area contributed by atoms with E-state index in [1.807, 2.05) is 6.07 Å². The van der Waals surface area contributed by atoms with Crippen LogP contribution in [0.3, 0.4) is 0 Å². The average Bonchev–Trinajstić information content (AvgIpc) is 2.66. The fourth-order valence-electron chi connectivity index (χ4n) is 1.73. The van der Waals surface area contributed by atoms with Gasteiger partial charge in [-0.3, -0.25) is 9.48 Å². The van der Waals surface area contributed by atoms with E-state index in [9.17, 15) is 9.90 Å². The molecule has 1 aromatic carbocycles. The first-order valence-electron chi connectivity index (χ1n) is 5.58. The summed E-state index contributed by atoms with van der Waals surface area (Å²) in [5.74, 6) is 0.0890. The monoisotopic (exact) mass is 242 g/mol. The smallest absolute Gasteiger partial charge is 0.189 e. The normalized spacial score (nSPS) is 11.0. The molecule has 0 bridgehead atoms. The van der Waals surface area contributed by atoms with E-state index in [0.29, 0.717) is 11.3 Å². The maximum absolute atomic E-state index is 11.9. The number of aryl methyl sites for hydroxylation is 2. The number of hydrogen-bond donors (Lipinski definition) is 1. The Morgan fingerprint density at radius 2 is 2.22 bits per heavy atom. The molecule has 0 aliphatic rings. The SMILES string of the molecule is Cc1nn(C)cc1C(=O)C=Cc1cccc(O)c1. The second-order valence-electron chi connectivity index (χ2n) is 4.09. The molecule has 0 aliphatic carbocycles. The number of nitrogens with zero attached hydrogens (tertiary/aromatic N) is 2. The first-order valence-corrected chi connectivity index (χ1v) is 5.58. The molecule has 0 amide bonds. The lowest BCUT2D eigenvalue weighted by atomic mass is 10.1. The summed E-state index contributed by atoms with van der Waals surface area (Å²) in [4.78, 5) is 11.9. The van der Waals surface area contributed by atoms with E-state index in [1.165, 1.54) is 6.08 Å². The number of aromatic hydroxyl groups is 1. The molecule has 0 unspecified atom stereocenters. The molecule has 1 aromatic heterocycles. The number of allylic oxidation sites excluding steroid dienone is 1. The first kappa shape index (κ1) is 12.1. The number of hydrogen-bond acceptors (Lipinski definition) is 3. The molecule has 0 saturated heterocycles. The molecule has 0 saturated carbocycles. The van der Waals surface area contributed by atoms with E-state index >= 15 is 0 Å². The van der Waals surface area contributed by atoms with Gasteiger partial charge in [0.25, 0.3) is 0 Å². The lowest BCUT2D eigenvalue weighted by Gasteiger charge is -1.95. The molecular formula is C14H14N2O2. The summed E-state index contributed by atoms with van der Waals surface area (Å²) in [5.41, 5.74) is 2.09. The van der Waals surface area contributed by atoms with Gasteiger partial charge in [0, 0.05) is 13.2 Å². The van der Waals surface area contributed by atoms with Gasteiger partial charge in [-0.05, 0) is 30.7 Å². The van der Waals surface area contributed by atoms with Crippen molar-refractivity contribution in [2.75, 3.05) is 0 Å². The summed E-state index contributed by atoms with van der Waals surface area (Å²) < 4.78 is 1.62. The highest BCUT2D eigenvalue weighted by Crippen LogP contribution is 2.13. The number of carbonyl (C=O) groups excluding carboxylic acids is 1. The summed E-state index contributed by atoms with van der Waals surface area (Å²) in [5, 5.41) is 13.4. The third-order valence-corrected chi connectivity index (χ3v) is 2.58. The van der Waals surface area contributed by atoms with E-state index in [4.69, 9.17) is 0 Å². The van der Waals surface area contributed by atoms with E-state index in [2.05, 4.69) is 5.10 Å². The van der Waals surface area contributed by atoms with Gasteiger partial charge in [-0.15, -0.1) is 0 Å². The van der Waals surface area contributed by atoms with Crippen molar-refractivity contribution in [2.45, 2.75) is 6.92 Å². The van der Waals surface area contributed by atoms with Crippen molar-refractivity contribution in [3.63, 3.8) is 0 Å². The largest absolute Gasteiger partial charge is 0.508 e. The maximum atomic E-state index is 11.9. The summed E-state index contributed by atoms with van der Waals surface area (Å²) in [6.07, 6.45) is 4.86. The zero-order valence-electron chi connectivity index (χ0n) is 10.3. The van der Waals surface area contributed by atoms with Crippen LogP contribution in [0.1, 0.15) is 21.6 Å². The van der Waals surface area contributed by atoms with E-state index < -0.39 is 0 Å². The Morgan fingerprint density at radius 3 is 2.83 bits per heavy atom. The van der Waals surface area contributed by atoms with Crippen LogP contribution in [0.4, 0.5) is 0 Å². The van der Waals surface area contributed by atoms with Gasteiger partial charge in [0.05, 0.1) is 11.3 Å². The molecule has 18 heavy (non-hydrogen) atoms. The van der Waals surface area contributed by atoms with Crippen LogP contribution in [-0.2, 0) is 7.05 Å². The van der Waals surface area contributed by atoms with Gasteiger partial charge in [-0.25, -0.2) is 0 Å². The third kappa shape index (κ3) is 2.66. The van der Waals surface area contributed by atoms with Crippen molar-refractivity contribution >= 4 is 11.9 Å². The molecule has 2 aromatic rings. The first-order chi connectivity index (χ1) is 8.56.